The molecule has 0 aliphatic rings. The molecule has 0 saturated heterocycles. The van der Waals surface area contributed by atoms with Gasteiger partial charge in [-0.2, -0.15) is 140 Å². The number of rotatable bonds is 12. The minimum atomic E-state index is -9.20. The molecule has 352 valence electrons. The van der Waals surface area contributed by atoms with Gasteiger partial charge in [-0.05, 0) is 0 Å². The standard InChI is InChI=1S/2C8HF17O3S.Ca/c2*9-1(3(12,13)6(18,19)20,8(24,25)29(26,27)28)2(10,11)4(14,15)5(16,17)7(21,22)23;/h2*(H,26,27,28);/q;;+2/p-2. The van der Waals surface area contributed by atoms with Crippen LogP contribution in [0.1, 0.15) is 0 Å². The van der Waals surface area contributed by atoms with E-state index in [1.165, 1.54) is 0 Å². The zero-order valence-corrected chi connectivity index (χ0v) is 28.7. The van der Waals surface area contributed by atoms with E-state index < -0.39 is 114 Å². The summed E-state index contributed by atoms with van der Waals surface area (Å²) in [5.41, 5.74) is -18.4. The van der Waals surface area contributed by atoms with E-state index >= 15 is 0 Å². The number of alkyl halides is 34. The van der Waals surface area contributed by atoms with E-state index in [9.17, 15) is 175 Å². The Morgan fingerprint density at radius 3 is 0.475 bits per heavy atom. The molecule has 0 spiro atoms. The molecule has 0 aromatic carbocycles. The Bertz CT molecular complexity index is 1590. The van der Waals surface area contributed by atoms with Crippen molar-refractivity contribution in [2.45, 2.75) is 93.9 Å². The average molecular weight is 1040 g/mol. The topological polar surface area (TPSA) is 114 Å². The molecule has 6 nitrogen and oxygen atoms in total. The van der Waals surface area contributed by atoms with E-state index in [1.54, 1.807) is 0 Å². The molecule has 43 heteroatoms. The van der Waals surface area contributed by atoms with Crippen LogP contribution in [0, 0.1) is 0 Å². The van der Waals surface area contributed by atoms with Crippen LogP contribution in [-0.2, 0) is 20.2 Å². The minimum absolute atomic E-state index is 0. The van der Waals surface area contributed by atoms with Crippen LogP contribution in [0.25, 0.3) is 0 Å². The third-order valence-corrected chi connectivity index (χ3v) is 7.98. The summed E-state index contributed by atoms with van der Waals surface area (Å²) in [5.74, 6) is -70.8. The molecule has 2 unspecified atom stereocenters. The summed E-state index contributed by atoms with van der Waals surface area (Å²) in [6.07, 6.45) is -32.5. The van der Waals surface area contributed by atoms with Crippen molar-refractivity contribution in [1.82, 2.24) is 0 Å². The summed E-state index contributed by atoms with van der Waals surface area (Å²) in [4.78, 5) is 0. The normalized spacial score (nSPS) is 18.2. The molecule has 0 aromatic heterocycles. The molecule has 0 fully saturated rings. The maximum atomic E-state index is 13.8. The largest absolute Gasteiger partial charge is 2.00 e. The smallest absolute Gasteiger partial charge is 0.743 e. The summed E-state index contributed by atoms with van der Waals surface area (Å²) in [7, 11) is -17.2. The molecule has 2 atom stereocenters. The first-order chi connectivity index (χ1) is 24.0. The van der Waals surface area contributed by atoms with E-state index in [1.807, 2.05) is 0 Å². The first-order valence-electron chi connectivity index (χ1n) is 11.3. The number of halogens is 34. The van der Waals surface area contributed by atoms with Crippen molar-refractivity contribution in [1.29, 1.82) is 0 Å². The fourth-order valence-electron chi connectivity index (χ4n) is 3.04. The van der Waals surface area contributed by atoms with Crippen LogP contribution in [0.4, 0.5) is 149 Å². The molecule has 0 aliphatic heterocycles. The SMILES string of the molecule is O=S(=O)([O-])C(F)(F)C(F)(C(F)(F)C(F)(F)F)C(F)(F)C(F)(F)C(F)(F)C(F)(F)F.O=S(=O)([O-])C(F)(F)C(F)(C(F)(F)C(F)(F)F)C(F)(F)C(F)(F)C(F)(F)C(F)(F)F.[Ca+2]. The van der Waals surface area contributed by atoms with Crippen LogP contribution in [0.2, 0.25) is 0 Å². The van der Waals surface area contributed by atoms with Gasteiger partial charge in [0.2, 0.25) is 0 Å². The monoisotopic (exact) mass is 1040 g/mol. The molecule has 0 radical (unpaired) electrons. The Morgan fingerprint density at radius 2 is 0.373 bits per heavy atom. The molecular weight excluding hydrogens is 1040 g/mol. The molecule has 0 heterocycles. The van der Waals surface area contributed by atoms with Gasteiger partial charge in [0, 0.05) is 0 Å². The van der Waals surface area contributed by atoms with Gasteiger partial charge in [-0.25, -0.2) is 25.6 Å². The van der Waals surface area contributed by atoms with Crippen LogP contribution in [-0.4, -0.2) is 158 Å². The predicted octanol–water partition coefficient (Wildman–Crippen LogP) is 8.62. The second-order valence-electron chi connectivity index (χ2n) is 9.84. The van der Waals surface area contributed by atoms with Crippen molar-refractivity contribution in [3.63, 3.8) is 0 Å². The third-order valence-electron chi connectivity index (χ3n) is 6.16. The molecule has 0 saturated carbocycles. The Kier molecular flexibility index (Phi) is 16.2. The Morgan fingerprint density at radius 1 is 0.237 bits per heavy atom. The second-order valence-corrected chi connectivity index (χ2v) is 12.7. The zero-order valence-electron chi connectivity index (χ0n) is 24.8. The van der Waals surface area contributed by atoms with Crippen LogP contribution < -0.4 is 0 Å². The van der Waals surface area contributed by atoms with Crippen LogP contribution in [0.3, 0.4) is 0 Å². The van der Waals surface area contributed by atoms with Gasteiger partial charge in [0.05, 0.1) is 0 Å². The number of hydrogen-bond donors (Lipinski definition) is 0. The maximum absolute atomic E-state index is 13.8. The van der Waals surface area contributed by atoms with E-state index in [-0.39, 0.29) is 37.7 Å². The van der Waals surface area contributed by atoms with Crippen LogP contribution in [0.15, 0.2) is 0 Å². The number of hydrogen-bond acceptors (Lipinski definition) is 6. The van der Waals surface area contributed by atoms with Crippen LogP contribution >= 0.6 is 0 Å². The van der Waals surface area contributed by atoms with Gasteiger partial charge in [0.25, 0.3) is 0 Å². The van der Waals surface area contributed by atoms with Gasteiger partial charge in [0.1, 0.15) is 0 Å². The quantitative estimate of drug-likeness (QED) is 0.110. The second kappa shape index (κ2) is 15.5. The molecule has 0 N–H and O–H groups in total. The van der Waals surface area contributed by atoms with E-state index in [2.05, 4.69) is 0 Å². The fourth-order valence-corrected chi connectivity index (χ4v) is 4.25. The summed E-state index contributed by atoms with van der Waals surface area (Å²) >= 11 is 0. The Balaban J connectivity index is -0.00000105. The fraction of sp³-hybridized carbons (Fsp3) is 1.00. The Labute approximate surface area is 326 Å². The first kappa shape index (κ1) is 62.0. The van der Waals surface area contributed by atoms with Crippen LogP contribution in [0.5, 0.6) is 0 Å². The van der Waals surface area contributed by atoms with Gasteiger partial charge in [-0.3, -0.25) is 0 Å². The van der Waals surface area contributed by atoms with E-state index in [0.717, 1.165) is 0 Å². The summed E-state index contributed by atoms with van der Waals surface area (Å²) < 4.78 is 492. The molecule has 59 heavy (non-hydrogen) atoms. The Hall–Kier alpha value is -1.30. The maximum Gasteiger partial charge on any atom is 2.00 e. The van der Waals surface area contributed by atoms with Gasteiger partial charge in [0.15, 0.2) is 20.2 Å². The van der Waals surface area contributed by atoms with Gasteiger partial charge in [-0.1, -0.05) is 0 Å². The molecule has 0 bridgehead atoms. The molecule has 0 amide bonds. The van der Waals surface area contributed by atoms with E-state index in [0.29, 0.717) is 0 Å². The van der Waals surface area contributed by atoms with Crippen molar-refractivity contribution in [3.8, 4) is 0 Å². The molecule has 0 aliphatic carbocycles. The van der Waals surface area contributed by atoms with Crippen molar-refractivity contribution >= 4 is 58.0 Å². The van der Waals surface area contributed by atoms with Gasteiger partial charge in [-0.15, -0.1) is 0 Å². The van der Waals surface area contributed by atoms with E-state index in [4.69, 9.17) is 0 Å². The minimum Gasteiger partial charge on any atom is -0.743 e. The average Bonchev–Trinajstić information content (AvgIpc) is 2.91. The van der Waals surface area contributed by atoms with Gasteiger partial charge >= 0.3 is 132 Å². The van der Waals surface area contributed by atoms with Crippen molar-refractivity contribution in [2.75, 3.05) is 0 Å². The van der Waals surface area contributed by atoms with Crippen molar-refractivity contribution < 1.29 is 175 Å². The first-order valence-corrected chi connectivity index (χ1v) is 14.2. The zero-order chi connectivity index (χ0) is 49.0. The molecule has 0 rings (SSSR count). The summed E-state index contributed by atoms with van der Waals surface area (Å²) in [6.45, 7) is 0. The predicted molar refractivity (Wildman–Crippen MR) is 107 cm³/mol. The molecular formula is C16CaF34O6S2. The van der Waals surface area contributed by atoms with Crippen molar-refractivity contribution in [3.05, 3.63) is 0 Å². The van der Waals surface area contributed by atoms with Crippen molar-refractivity contribution in [2.24, 2.45) is 0 Å². The summed E-state index contributed by atoms with van der Waals surface area (Å²) in [6, 6.07) is 0. The third kappa shape index (κ3) is 8.33. The summed E-state index contributed by atoms with van der Waals surface area (Å²) in [5, 5.41) is -17.1. The molecule has 0 aromatic rings. The van der Waals surface area contributed by atoms with Gasteiger partial charge < -0.3 is 9.11 Å².